The van der Waals surface area contributed by atoms with Gasteiger partial charge in [0.1, 0.15) is 0 Å². The van der Waals surface area contributed by atoms with E-state index in [-0.39, 0.29) is 17.1 Å². The number of fused-ring (bicyclic) bond motifs is 1. The first-order valence-corrected chi connectivity index (χ1v) is 12.4. The van der Waals surface area contributed by atoms with Gasteiger partial charge in [0, 0.05) is 29.5 Å². The van der Waals surface area contributed by atoms with Gasteiger partial charge in [0.15, 0.2) is 15.7 Å². The van der Waals surface area contributed by atoms with Gasteiger partial charge in [0.25, 0.3) is 0 Å². The van der Waals surface area contributed by atoms with Gasteiger partial charge in [0.05, 0.1) is 28.8 Å². The van der Waals surface area contributed by atoms with Crippen LogP contribution in [0, 0.1) is 13.8 Å². The van der Waals surface area contributed by atoms with Gasteiger partial charge in [-0.3, -0.25) is 0 Å². The number of rotatable bonds is 4. The molecule has 1 atom stereocenters. The molecule has 1 aliphatic heterocycles. The molecule has 1 saturated heterocycles. The van der Waals surface area contributed by atoms with Crippen LogP contribution in [0.3, 0.4) is 0 Å². The highest BCUT2D eigenvalue weighted by molar-refractivity contribution is 7.91. The van der Waals surface area contributed by atoms with Gasteiger partial charge >= 0.3 is 6.18 Å². The Morgan fingerprint density at radius 3 is 2.39 bits per heavy atom. The molecule has 1 aromatic heterocycles. The molecule has 2 heterocycles. The van der Waals surface area contributed by atoms with Crippen molar-refractivity contribution in [1.29, 1.82) is 0 Å². The van der Waals surface area contributed by atoms with Crippen molar-refractivity contribution in [2.75, 3.05) is 34.8 Å². The average Bonchev–Trinajstić information content (AvgIpc) is 2.75. The number of benzene rings is 2. The van der Waals surface area contributed by atoms with Crippen molar-refractivity contribution >= 4 is 32.1 Å². The molecule has 1 fully saturated rings. The van der Waals surface area contributed by atoms with Crippen LogP contribution in [-0.2, 0) is 16.0 Å². The predicted octanol–water partition coefficient (Wildman–Crippen LogP) is 4.67. The number of anilines is 2. The van der Waals surface area contributed by atoms with Crippen LogP contribution in [0.5, 0.6) is 0 Å². The lowest BCUT2D eigenvalue weighted by atomic mass is 9.97. The molecule has 0 amide bonds. The Hall–Kier alpha value is -2.88. The summed E-state index contributed by atoms with van der Waals surface area (Å²) in [5.41, 5.74) is 1.64. The first kappa shape index (κ1) is 23.3. The van der Waals surface area contributed by atoms with Gasteiger partial charge in [0.2, 0.25) is 0 Å². The lowest BCUT2D eigenvalue weighted by Gasteiger charge is -2.29. The van der Waals surface area contributed by atoms with Crippen molar-refractivity contribution < 1.29 is 21.6 Å². The molecule has 2 aromatic carbocycles. The smallest absolute Gasteiger partial charge is 0.369 e. The molecule has 0 spiro atoms. The minimum Gasteiger partial charge on any atom is -0.369 e. The van der Waals surface area contributed by atoms with Crippen LogP contribution in [0.4, 0.5) is 24.7 Å². The van der Waals surface area contributed by atoms with Crippen molar-refractivity contribution in [2.45, 2.75) is 33.0 Å². The molecule has 1 N–H and O–H groups in total. The number of hydrogen-bond donors (Lipinski definition) is 1. The summed E-state index contributed by atoms with van der Waals surface area (Å²) >= 11 is 0. The Kier molecular flexibility index (Phi) is 5.98. The van der Waals surface area contributed by atoms with Crippen molar-refractivity contribution in [3.05, 3.63) is 58.8 Å². The molecule has 3 aromatic rings. The standard InChI is InChI=1S/C23H25F3N4O2S/c1-14-18(5-4-6-21(14)23(24,25)26)15(2)27-22-20-13-17(7-8-19(20)16(3)28-29-22)30-9-11-33(31,32)12-10-30/h4-8,13,15H,9-12H2,1-3H3,(H,27,29)/t15-/m1/s1. The van der Waals surface area contributed by atoms with Crippen LogP contribution < -0.4 is 10.2 Å². The minimum atomic E-state index is -4.42. The predicted molar refractivity (Wildman–Crippen MR) is 123 cm³/mol. The van der Waals surface area contributed by atoms with Gasteiger partial charge in [-0.15, -0.1) is 5.10 Å². The second-order valence-electron chi connectivity index (χ2n) is 8.39. The van der Waals surface area contributed by atoms with Crippen molar-refractivity contribution in [3.63, 3.8) is 0 Å². The van der Waals surface area contributed by atoms with Crippen molar-refractivity contribution in [1.82, 2.24) is 10.2 Å². The zero-order valence-corrected chi connectivity index (χ0v) is 19.4. The Bertz CT molecular complexity index is 1300. The summed E-state index contributed by atoms with van der Waals surface area (Å²) in [5, 5.41) is 13.4. The van der Waals surface area contributed by atoms with Gasteiger partial charge < -0.3 is 10.2 Å². The average molecular weight is 479 g/mol. The number of aromatic nitrogens is 2. The van der Waals surface area contributed by atoms with E-state index >= 15 is 0 Å². The van der Waals surface area contributed by atoms with Crippen LogP contribution in [0.2, 0.25) is 0 Å². The highest BCUT2D eigenvalue weighted by Crippen LogP contribution is 2.36. The van der Waals surface area contributed by atoms with E-state index in [0.717, 1.165) is 28.2 Å². The summed E-state index contributed by atoms with van der Waals surface area (Å²) in [5.74, 6) is 0.678. The number of aryl methyl sites for hydroxylation is 1. The third-order valence-corrected chi connectivity index (χ3v) is 7.77. The number of hydrogen-bond acceptors (Lipinski definition) is 6. The van der Waals surface area contributed by atoms with E-state index in [1.807, 2.05) is 30.0 Å². The summed E-state index contributed by atoms with van der Waals surface area (Å²) in [7, 11) is -3.00. The number of alkyl halides is 3. The van der Waals surface area contributed by atoms with E-state index in [9.17, 15) is 21.6 Å². The number of halogens is 3. The number of nitrogens with one attached hydrogen (secondary N) is 1. The third-order valence-electron chi connectivity index (χ3n) is 6.16. The van der Waals surface area contributed by atoms with Gasteiger partial charge in [-0.05, 0) is 50.1 Å². The fraction of sp³-hybridized carbons (Fsp3) is 0.391. The van der Waals surface area contributed by atoms with Crippen molar-refractivity contribution in [3.8, 4) is 0 Å². The van der Waals surface area contributed by atoms with Gasteiger partial charge in [-0.2, -0.15) is 18.3 Å². The SMILES string of the molecule is Cc1c([C@@H](C)Nc2nnc(C)c3ccc(N4CCS(=O)(=O)CC4)cc23)cccc1C(F)(F)F. The first-order valence-electron chi connectivity index (χ1n) is 10.6. The summed E-state index contributed by atoms with van der Waals surface area (Å²) in [6, 6.07) is 9.50. The molecule has 10 heteroatoms. The molecule has 0 aliphatic carbocycles. The van der Waals surface area contributed by atoms with E-state index < -0.39 is 27.6 Å². The zero-order chi connectivity index (χ0) is 24.0. The maximum Gasteiger partial charge on any atom is 0.416 e. The summed E-state index contributed by atoms with van der Waals surface area (Å²) in [6.07, 6.45) is -4.42. The lowest BCUT2D eigenvalue weighted by molar-refractivity contribution is -0.138. The van der Waals surface area contributed by atoms with Crippen LogP contribution in [0.25, 0.3) is 10.8 Å². The van der Waals surface area contributed by atoms with Crippen LogP contribution in [-0.4, -0.2) is 43.2 Å². The molecule has 33 heavy (non-hydrogen) atoms. The molecular weight excluding hydrogens is 453 g/mol. The van der Waals surface area contributed by atoms with E-state index in [4.69, 9.17) is 0 Å². The fourth-order valence-electron chi connectivity index (χ4n) is 4.26. The first-order chi connectivity index (χ1) is 15.5. The maximum absolute atomic E-state index is 13.4. The minimum absolute atomic E-state index is 0.107. The van der Waals surface area contributed by atoms with Gasteiger partial charge in [-0.25, -0.2) is 8.42 Å². The monoisotopic (exact) mass is 478 g/mol. The maximum atomic E-state index is 13.4. The summed E-state index contributed by atoms with van der Waals surface area (Å²) < 4.78 is 63.6. The number of sulfone groups is 1. The Morgan fingerprint density at radius 2 is 1.73 bits per heavy atom. The zero-order valence-electron chi connectivity index (χ0n) is 18.6. The molecule has 0 unspecified atom stereocenters. The van der Waals surface area contributed by atoms with Crippen LogP contribution >= 0.6 is 0 Å². The molecule has 1 aliphatic rings. The lowest BCUT2D eigenvalue weighted by Crippen LogP contribution is -2.40. The quantitative estimate of drug-likeness (QED) is 0.587. The summed E-state index contributed by atoms with van der Waals surface area (Å²) in [4.78, 5) is 2.01. The molecule has 4 rings (SSSR count). The molecule has 0 radical (unpaired) electrons. The third kappa shape index (κ3) is 4.75. The number of nitrogens with zero attached hydrogens (tertiary/aromatic N) is 3. The van der Waals surface area contributed by atoms with Crippen LogP contribution in [0.15, 0.2) is 36.4 Å². The fourth-order valence-corrected chi connectivity index (χ4v) is 5.46. The molecule has 6 nitrogen and oxygen atoms in total. The molecule has 176 valence electrons. The van der Waals surface area contributed by atoms with Gasteiger partial charge in [-0.1, -0.05) is 18.2 Å². The van der Waals surface area contributed by atoms with E-state index in [2.05, 4.69) is 15.5 Å². The van der Waals surface area contributed by atoms with E-state index in [1.165, 1.54) is 13.0 Å². The van der Waals surface area contributed by atoms with E-state index in [0.29, 0.717) is 24.5 Å². The molecule has 0 bridgehead atoms. The molecule has 0 saturated carbocycles. The second-order valence-corrected chi connectivity index (χ2v) is 10.7. The second kappa shape index (κ2) is 8.48. The highest BCUT2D eigenvalue weighted by atomic mass is 32.2. The Morgan fingerprint density at radius 1 is 1.03 bits per heavy atom. The Labute approximate surface area is 190 Å². The Balaban J connectivity index is 1.69. The summed E-state index contributed by atoms with van der Waals surface area (Å²) in [6.45, 7) is 5.92. The van der Waals surface area contributed by atoms with Crippen molar-refractivity contribution in [2.24, 2.45) is 0 Å². The van der Waals surface area contributed by atoms with Crippen LogP contribution in [0.1, 0.15) is 35.3 Å². The van der Waals surface area contributed by atoms with E-state index in [1.54, 1.807) is 13.0 Å². The topological polar surface area (TPSA) is 75.2 Å². The molecular formula is C23H25F3N4O2S. The normalized spacial score (nSPS) is 17.2. The largest absolute Gasteiger partial charge is 0.416 e. The highest BCUT2D eigenvalue weighted by Gasteiger charge is 2.33.